The van der Waals surface area contributed by atoms with Gasteiger partial charge in [0.25, 0.3) is 0 Å². The van der Waals surface area contributed by atoms with Gasteiger partial charge in [0.2, 0.25) is 10.0 Å². The number of hydrogen-bond acceptors (Lipinski definition) is 4. The van der Waals surface area contributed by atoms with Crippen LogP contribution in [0.3, 0.4) is 0 Å². The molecule has 0 radical (unpaired) electrons. The number of sulfonamides is 1. The summed E-state index contributed by atoms with van der Waals surface area (Å²) in [6.07, 6.45) is 3.37. The van der Waals surface area contributed by atoms with Crippen molar-refractivity contribution in [3.63, 3.8) is 0 Å². The molecule has 1 heterocycles. The molecule has 1 aromatic carbocycles. The minimum Gasteiger partial charge on any atom is -0.317 e. The maximum absolute atomic E-state index is 13.9. The van der Waals surface area contributed by atoms with Crippen molar-refractivity contribution >= 4 is 10.0 Å². The molecule has 0 aliphatic heterocycles. The summed E-state index contributed by atoms with van der Waals surface area (Å²) in [5.41, 5.74) is 0.366. The number of nitrogens with zero attached hydrogens (tertiary/aromatic N) is 3. The number of nitrogens with one attached hydrogen (secondary N) is 1. The van der Waals surface area contributed by atoms with Crippen LogP contribution in [0.4, 0.5) is 4.39 Å². The van der Waals surface area contributed by atoms with Gasteiger partial charge in [-0.3, -0.25) is 0 Å². The van der Waals surface area contributed by atoms with E-state index in [1.807, 2.05) is 11.6 Å². The zero-order valence-electron chi connectivity index (χ0n) is 13.1. The van der Waals surface area contributed by atoms with Crippen LogP contribution in [0.15, 0.2) is 23.1 Å². The molecule has 0 saturated heterocycles. The molecule has 6 nitrogen and oxygen atoms in total. The van der Waals surface area contributed by atoms with Crippen molar-refractivity contribution in [3.05, 3.63) is 41.2 Å². The monoisotopic (exact) mass is 338 g/mol. The van der Waals surface area contributed by atoms with Gasteiger partial charge in [-0.05, 0) is 31.4 Å². The molecule has 0 spiro atoms. The van der Waals surface area contributed by atoms with E-state index in [-0.39, 0.29) is 11.4 Å². The molecular formula is C15H19FN4O2S. The Hall–Kier alpha value is -1.80. The van der Waals surface area contributed by atoms with Crippen molar-refractivity contribution < 1.29 is 12.8 Å². The van der Waals surface area contributed by atoms with Gasteiger partial charge in [-0.15, -0.1) is 10.2 Å². The molecule has 1 aliphatic carbocycles. The summed E-state index contributed by atoms with van der Waals surface area (Å²) in [6.45, 7) is 1.54. The quantitative estimate of drug-likeness (QED) is 0.905. The van der Waals surface area contributed by atoms with Crippen LogP contribution in [0, 0.1) is 12.7 Å². The molecule has 0 bridgehead atoms. The highest BCUT2D eigenvalue weighted by Gasteiger charge is 2.26. The highest BCUT2D eigenvalue weighted by atomic mass is 32.2. The first-order valence-electron chi connectivity index (χ1n) is 7.53. The van der Waals surface area contributed by atoms with Gasteiger partial charge in [0.15, 0.2) is 0 Å². The first kappa shape index (κ1) is 16.1. The number of halogens is 1. The van der Waals surface area contributed by atoms with Gasteiger partial charge < -0.3 is 4.57 Å². The Balaban J connectivity index is 1.79. The van der Waals surface area contributed by atoms with Gasteiger partial charge in [0.1, 0.15) is 22.4 Å². The zero-order chi connectivity index (χ0) is 16.6. The first-order chi connectivity index (χ1) is 10.9. The van der Waals surface area contributed by atoms with Gasteiger partial charge in [-0.1, -0.05) is 18.6 Å². The molecule has 124 valence electrons. The molecule has 1 N–H and O–H groups in total. The van der Waals surface area contributed by atoms with E-state index < -0.39 is 15.8 Å². The number of benzene rings is 1. The molecule has 1 aliphatic rings. The van der Waals surface area contributed by atoms with Crippen LogP contribution in [-0.2, 0) is 23.6 Å². The number of aryl methyl sites for hydroxylation is 1. The predicted molar refractivity (Wildman–Crippen MR) is 82.8 cm³/mol. The first-order valence-corrected chi connectivity index (χ1v) is 9.01. The van der Waals surface area contributed by atoms with Crippen LogP contribution < -0.4 is 4.72 Å². The topological polar surface area (TPSA) is 76.9 Å². The molecule has 0 unspecified atom stereocenters. The van der Waals surface area contributed by atoms with Gasteiger partial charge in [-0.25, -0.2) is 17.5 Å². The highest BCUT2D eigenvalue weighted by molar-refractivity contribution is 7.89. The van der Waals surface area contributed by atoms with E-state index in [2.05, 4.69) is 14.9 Å². The Kier molecular flexibility index (Phi) is 4.20. The summed E-state index contributed by atoms with van der Waals surface area (Å²) in [6, 6.07) is 4.19. The smallest absolute Gasteiger partial charge is 0.244 e. The third kappa shape index (κ3) is 3.00. The third-order valence-corrected chi connectivity index (χ3v) is 5.90. The third-order valence-electron chi connectivity index (χ3n) is 4.32. The lowest BCUT2D eigenvalue weighted by Gasteiger charge is -2.24. The summed E-state index contributed by atoms with van der Waals surface area (Å²) in [4.78, 5) is -0.318. The fourth-order valence-corrected chi connectivity index (χ4v) is 4.02. The Morgan fingerprint density at radius 3 is 2.70 bits per heavy atom. The average Bonchev–Trinajstić information content (AvgIpc) is 2.76. The maximum Gasteiger partial charge on any atom is 0.244 e. The van der Waals surface area contributed by atoms with Crippen molar-refractivity contribution in [2.24, 2.45) is 7.05 Å². The number of aromatic nitrogens is 3. The molecule has 1 aromatic heterocycles. The van der Waals surface area contributed by atoms with Crippen LogP contribution in [0.1, 0.15) is 42.4 Å². The molecule has 2 aromatic rings. The van der Waals surface area contributed by atoms with Gasteiger partial charge in [0.05, 0.1) is 6.54 Å². The van der Waals surface area contributed by atoms with Crippen molar-refractivity contribution in [2.75, 3.05) is 0 Å². The number of rotatable bonds is 5. The molecule has 0 amide bonds. The van der Waals surface area contributed by atoms with E-state index in [4.69, 9.17) is 0 Å². The summed E-state index contributed by atoms with van der Waals surface area (Å²) >= 11 is 0. The molecule has 0 atom stereocenters. The SMILES string of the molecule is Cc1cccc(F)c1S(=O)(=O)NCc1nnc(C2CCC2)n1C. The standard InChI is InChI=1S/C15H19FN4O2S/c1-10-5-3-8-12(16)14(10)23(21,22)17-9-13-18-19-15(20(13)2)11-6-4-7-11/h3,5,8,11,17H,4,6-7,9H2,1-2H3. The highest BCUT2D eigenvalue weighted by Crippen LogP contribution is 2.35. The molecule has 8 heteroatoms. The second-order valence-corrected chi connectivity index (χ2v) is 7.58. The average molecular weight is 338 g/mol. The molecule has 3 rings (SSSR count). The minimum absolute atomic E-state index is 0.0215. The van der Waals surface area contributed by atoms with Crippen LogP contribution in [0.2, 0.25) is 0 Å². The molecule has 1 saturated carbocycles. The summed E-state index contributed by atoms with van der Waals surface area (Å²) in [5, 5.41) is 8.20. The van der Waals surface area contributed by atoms with Crippen LogP contribution in [0.5, 0.6) is 0 Å². The fourth-order valence-electron chi connectivity index (χ4n) is 2.74. The normalized spacial score (nSPS) is 15.6. The van der Waals surface area contributed by atoms with E-state index in [9.17, 15) is 12.8 Å². The predicted octanol–water partition coefficient (Wildman–Crippen LogP) is 2.01. The van der Waals surface area contributed by atoms with Gasteiger partial charge in [-0.2, -0.15) is 0 Å². The van der Waals surface area contributed by atoms with Crippen LogP contribution in [0.25, 0.3) is 0 Å². The molecular weight excluding hydrogens is 319 g/mol. The Morgan fingerprint density at radius 2 is 2.09 bits per heavy atom. The van der Waals surface area contributed by atoms with E-state index >= 15 is 0 Å². The lowest BCUT2D eigenvalue weighted by molar-refractivity contribution is 0.391. The lowest BCUT2D eigenvalue weighted by atomic mass is 9.85. The summed E-state index contributed by atoms with van der Waals surface area (Å²) < 4.78 is 42.8. The van der Waals surface area contributed by atoms with E-state index in [1.54, 1.807) is 13.0 Å². The summed E-state index contributed by atoms with van der Waals surface area (Å²) in [7, 11) is -2.12. The zero-order valence-corrected chi connectivity index (χ0v) is 13.9. The second-order valence-electron chi connectivity index (χ2n) is 5.87. The molecule has 23 heavy (non-hydrogen) atoms. The number of hydrogen-bond donors (Lipinski definition) is 1. The largest absolute Gasteiger partial charge is 0.317 e. The van der Waals surface area contributed by atoms with E-state index in [0.29, 0.717) is 17.3 Å². The van der Waals surface area contributed by atoms with E-state index in [1.165, 1.54) is 12.5 Å². The Bertz CT molecular complexity index is 808. The van der Waals surface area contributed by atoms with Crippen molar-refractivity contribution in [2.45, 2.75) is 43.5 Å². The van der Waals surface area contributed by atoms with Crippen molar-refractivity contribution in [1.82, 2.24) is 19.5 Å². The fraction of sp³-hybridized carbons (Fsp3) is 0.467. The van der Waals surface area contributed by atoms with Gasteiger partial charge >= 0.3 is 0 Å². The summed E-state index contributed by atoms with van der Waals surface area (Å²) in [5.74, 6) is 1.05. The van der Waals surface area contributed by atoms with Crippen LogP contribution in [-0.4, -0.2) is 23.2 Å². The minimum atomic E-state index is -3.95. The van der Waals surface area contributed by atoms with E-state index in [0.717, 1.165) is 24.7 Å². The van der Waals surface area contributed by atoms with Crippen molar-refractivity contribution in [1.29, 1.82) is 0 Å². The molecule has 1 fully saturated rings. The Labute approximate surface area is 134 Å². The van der Waals surface area contributed by atoms with Crippen LogP contribution >= 0.6 is 0 Å². The maximum atomic E-state index is 13.9. The van der Waals surface area contributed by atoms with Crippen molar-refractivity contribution in [3.8, 4) is 0 Å². The Morgan fingerprint density at radius 1 is 1.35 bits per heavy atom. The lowest BCUT2D eigenvalue weighted by Crippen LogP contribution is -2.26. The van der Waals surface area contributed by atoms with Gasteiger partial charge in [0, 0.05) is 13.0 Å². The second kappa shape index (κ2) is 6.01.